The molecule has 0 spiro atoms. The van der Waals surface area contributed by atoms with Gasteiger partial charge in [-0.1, -0.05) is 30.3 Å². The van der Waals surface area contributed by atoms with E-state index in [-0.39, 0.29) is 35.8 Å². The molecule has 2 aromatic rings. The van der Waals surface area contributed by atoms with Crippen LogP contribution >= 0.6 is 0 Å². The average Bonchev–Trinajstić information content (AvgIpc) is 3.04. The summed E-state index contributed by atoms with van der Waals surface area (Å²) in [5.74, 6) is -0.750. The number of carbonyl (C=O) groups is 2. The monoisotopic (exact) mass is 330 g/mol. The van der Waals surface area contributed by atoms with Crippen LogP contribution in [0.25, 0.3) is 0 Å². The summed E-state index contributed by atoms with van der Waals surface area (Å²) in [7, 11) is 1.51. The third-order valence-corrected chi connectivity index (χ3v) is 3.63. The van der Waals surface area contributed by atoms with E-state index in [1.165, 1.54) is 17.8 Å². The van der Waals surface area contributed by atoms with Crippen LogP contribution in [0.3, 0.4) is 0 Å². The van der Waals surface area contributed by atoms with E-state index in [9.17, 15) is 14.7 Å². The Morgan fingerprint density at radius 1 is 1.21 bits per heavy atom. The van der Waals surface area contributed by atoms with Crippen molar-refractivity contribution in [1.29, 1.82) is 0 Å². The number of nitrogens with zero attached hydrogens (tertiary/aromatic N) is 2. The zero-order chi connectivity index (χ0) is 17.7. The Morgan fingerprint density at radius 3 is 2.46 bits per heavy atom. The summed E-state index contributed by atoms with van der Waals surface area (Å²) in [5, 5.41) is 18.8. The van der Waals surface area contributed by atoms with Crippen LogP contribution in [0.4, 0.5) is 0 Å². The third-order valence-electron chi connectivity index (χ3n) is 3.63. The lowest BCUT2D eigenvalue weighted by molar-refractivity contribution is 0.0911. The molecule has 0 aliphatic carbocycles. The van der Waals surface area contributed by atoms with Gasteiger partial charge in [0.1, 0.15) is 5.69 Å². The fourth-order valence-electron chi connectivity index (χ4n) is 2.30. The second-order valence-electron chi connectivity index (χ2n) is 5.58. The van der Waals surface area contributed by atoms with Gasteiger partial charge in [-0.25, -0.2) is 0 Å². The lowest BCUT2D eigenvalue weighted by Gasteiger charge is -2.16. The Labute approximate surface area is 140 Å². The number of aromatic nitrogens is 2. The zero-order valence-electron chi connectivity index (χ0n) is 14.0. The van der Waals surface area contributed by atoms with Gasteiger partial charge in [0.05, 0.1) is 12.1 Å². The van der Waals surface area contributed by atoms with Crippen molar-refractivity contribution < 1.29 is 14.7 Å². The van der Waals surface area contributed by atoms with Gasteiger partial charge in [-0.05, 0) is 19.4 Å². The fourth-order valence-corrected chi connectivity index (χ4v) is 2.30. The van der Waals surface area contributed by atoms with E-state index in [0.717, 1.165) is 5.56 Å². The van der Waals surface area contributed by atoms with Crippen LogP contribution in [0.1, 0.15) is 46.4 Å². The molecule has 7 nitrogen and oxygen atoms in total. The molecule has 1 aromatic carbocycles. The van der Waals surface area contributed by atoms with Crippen LogP contribution in [-0.2, 0) is 0 Å². The second kappa shape index (κ2) is 7.74. The summed E-state index contributed by atoms with van der Waals surface area (Å²) in [6, 6.07) is 10.8. The van der Waals surface area contributed by atoms with Gasteiger partial charge >= 0.3 is 0 Å². The lowest BCUT2D eigenvalue weighted by atomic mass is 10.1. The van der Waals surface area contributed by atoms with Crippen LogP contribution in [0.5, 0.6) is 0 Å². The number of rotatable bonds is 6. The van der Waals surface area contributed by atoms with E-state index in [0.29, 0.717) is 0 Å². The molecule has 1 aromatic heterocycles. The molecule has 2 rings (SSSR count). The van der Waals surface area contributed by atoms with Gasteiger partial charge < -0.3 is 15.7 Å². The van der Waals surface area contributed by atoms with E-state index in [1.54, 1.807) is 6.92 Å². The summed E-state index contributed by atoms with van der Waals surface area (Å²) in [6.07, 6.45) is -0.657. The van der Waals surface area contributed by atoms with Gasteiger partial charge in [0.15, 0.2) is 5.69 Å². The molecule has 2 atom stereocenters. The van der Waals surface area contributed by atoms with Gasteiger partial charge in [0, 0.05) is 19.7 Å². The van der Waals surface area contributed by atoms with Crippen molar-refractivity contribution in [3.63, 3.8) is 0 Å². The fraction of sp³-hybridized carbons (Fsp3) is 0.353. The number of amides is 2. The Kier molecular flexibility index (Phi) is 5.70. The maximum atomic E-state index is 12.4. The molecule has 0 saturated carbocycles. The molecular formula is C17H22N4O3. The highest BCUT2D eigenvalue weighted by Crippen LogP contribution is 2.20. The molecule has 0 radical (unpaired) electrons. The van der Waals surface area contributed by atoms with Gasteiger partial charge in [-0.15, -0.1) is 0 Å². The topological polar surface area (TPSA) is 96.3 Å². The smallest absolute Gasteiger partial charge is 0.271 e. The Bertz CT molecular complexity index is 710. The molecule has 7 heteroatoms. The molecule has 0 bridgehead atoms. The van der Waals surface area contributed by atoms with Crippen molar-refractivity contribution >= 4 is 11.8 Å². The third kappa shape index (κ3) is 3.99. The zero-order valence-corrected chi connectivity index (χ0v) is 14.0. The number of aliphatic hydroxyl groups is 1. The van der Waals surface area contributed by atoms with E-state index in [1.807, 2.05) is 37.3 Å². The van der Waals surface area contributed by atoms with Crippen molar-refractivity contribution in [2.75, 3.05) is 13.6 Å². The maximum absolute atomic E-state index is 12.4. The Morgan fingerprint density at radius 2 is 1.88 bits per heavy atom. The number of nitrogens with one attached hydrogen (secondary N) is 2. The minimum Gasteiger partial charge on any atom is -0.392 e. The first kappa shape index (κ1) is 17.7. The van der Waals surface area contributed by atoms with E-state index < -0.39 is 6.10 Å². The highest BCUT2D eigenvalue weighted by atomic mass is 16.3. The number of hydrogen-bond donors (Lipinski definition) is 3. The Balaban J connectivity index is 2.38. The second-order valence-corrected chi connectivity index (χ2v) is 5.58. The van der Waals surface area contributed by atoms with Crippen molar-refractivity contribution in [1.82, 2.24) is 20.4 Å². The van der Waals surface area contributed by atoms with Crippen molar-refractivity contribution in [2.24, 2.45) is 0 Å². The number of hydrogen-bond acceptors (Lipinski definition) is 4. The number of benzene rings is 1. The highest BCUT2D eigenvalue weighted by Gasteiger charge is 2.22. The van der Waals surface area contributed by atoms with Crippen LogP contribution in [0.2, 0.25) is 0 Å². The van der Waals surface area contributed by atoms with Crippen LogP contribution in [0, 0.1) is 0 Å². The summed E-state index contributed by atoms with van der Waals surface area (Å²) in [5.41, 5.74) is 1.40. The van der Waals surface area contributed by atoms with E-state index >= 15 is 0 Å². The predicted molar refractivity (Wildman–Crippen MR) is 89.9 cm³/mol. The van der Waals surface area contributed by atoms with Crippen LogP contribution in [0.15, 0.2) is 36.4 Å². The number of aliphatic hydroxyl groups excluding tert-OH is 1. The molecule has 3 N–H and O–H groups in total. The molecule has 128 valence electrons. The van der Waals surface area contributed by atoms with Gasteiger partial charge in [0.25, 0.3) is 11.8 Å². The molecule has 0 aliphatic heterocycles. The molecule has 2 amide bonds. The molecule has 0 saturated heterocycles. The first-order valence-corrected chi connectivity index (χ1v) is 7.77. The largest absolute Gasteiger partial charge is 0.392 e. The average molecular weight is 330 g/mol. The standard InChI is InChI=1S/C17H22N4O3/c1-11(22)10-19-17(24)15-9-14(16(23)18-3)20-21(15)12(2)13-7-5-4-6-8-13/h4-9,11-12,22H,10H2,1-3H3,(H,18,23)(H,19,24)/t11?,12-/m0/s1. The summed E-state index contributed by atoms with van der Waals surface area (Å²) >= 11 is 0. The summed E-state index contributed by atoms with van der Waals surface area (Å²) in [6.45, 7) is 3.61. The van der Waals surface area contributed by atoms with Crippen molar-refractivity contribution in [2.45, 2.75) is 26.0 Å². The molecule has 0 fully saturated rings. The first-order valence-electron chi connectivity index (χ1n) is 7.77. The quantitative estimate of drug-likeness (QED) is 0.735. The van der Waals surface area contributed by atoms with Gasteiger partial charge in [-0.3, -0.25) is 14.3 Å². The normalized spacial score (nSPS) is 13.2. The van der Waals surface area contributed by atoms with E-state index in [2.05, 4.69) is 15.7 Å². The maximum Gasteiger partial charge on any atom is 0.271 e. The molecule has 1 unspecified atom stereocenters. The van der Waals surface area contributed by atoms with Crippen molar-refractivity contribution in [3.05, 3.63) is 53.3 Å². The minimum absolute atomic E-state index is 0.124. The first-order chi connectivity index (χ1) is 11.4. The molecule has 0 aliphatic rings. The van der Waals surface area contributed by atoms with Crippen molar-refractivity contribution in [3.8, 4) is 0 Å². The highest BCUT2D eigenvalue weighted by molar-refractivity contribution is 5.97. The summed E-state index contributed by atoms with van der Waals surface area (Å²) in [4.78, 5) is 24.3. The van der Waals surface area contributed by atoms with Gasteiger partial charge in [-0.2, -0.15) is 5.10 Å². The number of carbonyl (C=O) groups excluding carboxylic acids is 2. The van der Waals surface area contributed by atoms with E-state index in [4.69, 9.17) is 0 Å². The van der Waals surface area contributed by atoms with Gasteiger partial charge in [0.2, 0.25) is 0 Å². The molecular weight excluding hydrogens is 308 g/mol. The lowest BCUT2D eigenvalue weighted by Crippen LogP contribution is -2.32. The summed E-state index contributed by atoms with van der Waals surface area (Å²) < 4.78 is 1.53. The molecule has 24 heavy (non-hydrogen) atoms. The SMILES string of the molecule is CNC(=O)c1cc(C(=O)NCC(C)O)n([C@@H](C)c2ccccc2)n1. The van der Waals surface area contributed by atoms with Crippen LogP contribution in [-0.4, -0.2) is 46.4 Å². The minimum atomic E-state index is -0.657. The molecule has 1 heterocycles. The Hall–Kier alpha value is -2.67. The van der Waals surface area contributed by atoms with Crippen LogP contribution < -0.4 is 10.6 Å². The predicted octanol–water partition coefficient (Wildman–Crippen LogP) is 0.963.